The highest BCUT2D eigenvalue weighted by atomic mass is 32.2. The molecule has 3 heterocycles. The van der Waals surface area contributed by atoms with E-state index >= 15 is 0 Å². The minimum absolute atomic E-state index is 0.0167. The van der Waals surface area contributed by atoms with Gasteiger partial charge in [0, 0.05) is 37.1 Å². The summed E-state index contributed by atoms with van der Waals surface area (Å²) < 4.78 is 61.0. The van der Waals surface area contributed by atoms with E-state index in [1.54, 1.807) is 0 Å². The van der Waals surface area contributed by atoms with E-state index in [-0.39, 0.29) is 41.6 Å². The molecule has 81 heavy (non-hydrogen) atoms. The van der Waals surface area contributed by atoms with E-state index in [0.717, 1.165) is 48.2 Å². The smallest absolute Gasteiger partial charge is 0.274 e. The molecular weight excluding hydrogens is 1130 g/mol. The first-order valence-corrected chi connectivity index (χ1v) is 34.9. The van der Waals surface area contributed by atoms with Crippen molar-refractivity contribution >= 4 is 69.1 Å². The van der Waals surface area contributed by atoms with Crippen LogP contribution in [0.3, 0.4) is 0 Å². The fourth-order valence-electron chi connectivity index (χ4n) is 9.46. The highest BCUT2D eigenvalue weighted by Gasteiger charge is 2.47. The molecule has 0 aromatic carbocycles. The average molecular weight is 1230 g/mol. The second-order valence-electron chi connectivity index (χ2n) is 21.9. The highest BCUT2D eigenvalue weighted by Crippen LogP contribution is 2.56. The SMILES string of the molecule is CCCCCCCCCCCCCCCCCCCCCCCCCCCCCCCC(=O)SCCNC(=O)CCNC(=O)[C@H](O)C(C)(C)COP(=O)([O-])OP(=O)([O-])OC[C@H]1O[C@@H](n2cnc3c(N)ncnc32)[C@H](O)[C@@H]1OP(=O)([O-])[O-]. The first-order valence-electron chi connectivity index (χ1n) is 29.5. The Morgan fingerprint density at radius 3 is 1.69 bits per heavy atom. The molecule has 0 aliphatic carbocycles. The summed E-state index contributed by atoms with van der Waals surface area (Å²) in [5, 5.41) is 26.6. The van der Waals surface area contributed by atoms with Crippen LogP contribution in [0.4, 0.5) is 5.82 Å². The van der Waals surface area contributed by atoms with Gasteiger partial charge in [0.2, 0.25) is 11.8 Å². The summed E-state index contributed by atoms with van der Waals surface area (Å²) >= 11 is 1.15. The Balaban J connectivity index is 1.14. The fourth-order valence-corrected chi connectivity index (χ4v) is 12.9. The number of thioether (sulfide) groups is 1. The first kappa shape index (κ1) is 72.8. The van der Waals surface area contributed by atoms with Gasteiger partial charge >= 0.3 is 0 Å². The number of aromatic nitrogens is 4. The topological polar surface area (TPSA) is 375 Å². The van der Waals surface area contributed by atoms with Crippen molar-refractivity contribution in [3.05, 3.63) is 12.7 Å². The predicted octanol–water partition coefficient (Wildman–Crippen LogP) is 7.86. The number of nitrogen functional groups attached to an aromatic ring is 1. The summed E-state index contributed by atoms with van der Waals surface area (Å²) in [5.41, 5.74) is 4.11. The molecule has 0 radical (unpaired) electrons. The zero-order chi connectivity index (χ0) is 59.6. The lowest BCUT2D eigenvalue weighted by molar-refractivity contribution is -0.347. The van der Waals surface area contributed by atoms with Gasteiger partial charge in [-0.1, -0.05) is 212 Å². The summed E-state index contributed by atoms with van der Waals surface area (Å²) in [6, 6.07) is 0. The number of fused-ring (bicyclic) bond motifs is 1. The lowest BCUT2D eigenvalue weighted by Crippen LogP contribution is -2.46. The largest absolute Gasteiger partial charge is 0.790 e. The molecule has 1 saturated heterocycles. The van der Waals surface area contributed by atoms with Crippen LogP contribution in [0, 0.1) is 5.41 Å². The molecular formula is C53H94N7O17P3S-4. The molecule has 24 nitrogen and oxygen atoms in total. The third-order valence-electron chi connectivity index (χ3n) is 14.2. The summed E-state index contributed by atoms with van der Waals surface area (Å²) in [5.74, 6) is -1.12. The number of hydrogen-bond acceptors (Lipinski definition) is 22. The normalized spacial score (nSPS) is 18.7. The number of phosphoric ester groups is 3. The third-order valence-corrected chi connectivity index (χ3v) is 18.2. The van der Waals surface area contributed by atoms with Crippen LogP contribution >= 0.6 is 35.2 Å². The zero-order valence-corrected chi connectivity index (χ0v) is 51.6. The van der Waals surface area contributed by atoms with E-state index in [0.29, 0.717) is 12.2 Å². The molecule has 0 bridgehead atoms. The quantitative estimate of drug-likeness (QED) is 0.0311. The zero-order valence-electron chi connectivity index (χ0n) is 48.1. The van der Waals surface area contributed by atoms with Crippen LogP contribution in [0.15, 0.2) is 12.7 Å². The number of amides is 2. The molecule has 3 rings (SSSR count). The second-order valence-corrected chi connectivity index (χ2v) is 27.1. The number of carbonyl (C=O) groups excluding carboxylic acids is 3. The summed E-state index contributed by atoms with van der Waals surface area (Å²) in [4.78, 5) is 97.3. The molecule has 28 heteroatoms. The Hall–Kier alpha value is -2.44. The average Bonchev–Trinajstić information content (AvgIpc) is 4.11. The Kier molecular flexibility index (Phi) is 36.0. The molecule has 468 valence electrons. The monoisotopic (exact) mass is 1230 g/mol. The second kappa shape index (κ2) is 40.0. The Morgan fingerprint density at radius 2 is 1.20 bits per heavy atom. The van der Waals surface area contributed by atoms with Gasteiger partial charge in [0.15, 0.2) is 22.8 Å². The number of aliphatic hydroxyl groups excluding tert-OH is 2. The van der Waals surface area contributed by atoms with Gasteiger partial charge in [-0.2, -0.15) is 0 Å². The fraction of sp³-hybridized carbons (Fsp3) is 0.849. The number of nitrogens with zero attached hydrogens (tertiary/aromatic N) is 4. The van der Waals surface area contributed by atoms with E-state index in [2.05, 4.69) is 50.4 Å². The Morgan fingerprint density at radius 1 is 0.716 bits per heavy atom. The van der Waals surface area contributed by atoms with Crippen molar-refractivity contribution in [3.8, 4) is 0 Å². The number of rotatable bonds is 49. The van der Waals surface area contributed by atoms with Crippen molar-refractivity contribution in [2.75, 3.05) is 37.8 Å². The van der Waals surface area contributed by atoms with Crippen LogP contribution in [-0.2, 0) is 50.7 Å². The minimum atomic E-state index is -5.92. The van der Waals surface area contributed by atoms with Crippen molar-refractivity contribution < 1.29 is 80.5 Å². The van der Waals surface area contributed by atoms with Crippen LogP contribution in [0.5, 0.6) is 0 Å². The van der Waals surface area contributed by atoms with E-state index in [9.17, 15) is 57.9 Å². The Labute approximate surface area is 484 Å². The molecule has 1 aliphatic rings. The molecule has 0 spiro atoms. The van der Waals surface area contributed by atoms with Crippen LogP contribution in [0.2, 0.25) is 0 Å². The molecule has 6 N–H and O–H groups in total. The minimum Gasteiger partial charge on any atom is -0.790 e. The van der Waals surface area contributed by atoms with E-state index in [4.69, 9.17) is 10.5 Å². The molecule has 2 amide bonds. The van der Waals surface area contributed by atoms with Crippen LogP contribution < -0.4 is 35.9 Å². The third kappa shape index (κ3) is 31.5. The van der Waals surface area contributed by atoms with Gasteiger partial charge in [0.1, 0.15) is 36.3 Å². The number of phosphoric acid groups is 3. The van der Waals surface area contributed by atoms with Crippen LogP contribution in [-0.4, -0.2) is 103 Å². The standard InChI is InChI=1S/C53H98N7O17P3S/c1-4-5-6-7-8-9-10-11-12-13-14-15-16-17-18-19-20-21-22-23-24-25-26-27-28-29-30-31-32-33-44(62)81-37-36-55-43(61)34-35-56-51(65)48(64)53(2,3)39-74-80(71,72)77-79(69,70)73-38-42-47(76-78(66,67)68)46(63)52(75-42)60-41-59-45-49(54)57-40-58-50(45)60/h40-42,46-48,52,63-64H,4-39H2,1-3H3,(H,55,61)(H,56,65)(H,69,70)(H,71,72)(H2,54,57,58)(H2,66,67,68)/p-4/t42-,46-,47-,48+,52-/m1/s1. The molecule has 2 aromatic rings. The number of anilines is 1. The number of nitrogens with one attached hydrogen (secondary N) is 2. The lowest BCUT2D eigenvalue weighted by atomic mass is 9.87. The maximum Gasteiger partial charge on any atom is 0.274 e. The molecule has 7 atom stereocenters. The van der Waals surface area contributed by atoms with E-state index in [1.807, 2.05) is 0 Å². The number of aliphatic hydroxyl groups is 2. The van der Waals surface area contributed by atoms with Crippen molar-refractivity contribution in [2.45, 2.75) is 250 Å². The van der Waals surface area contributed by atoms with Crippen LogP contribution in [0.1, 0.15) is 226 Å². The molecule has 1 fully saturated rings. The number of hydrogen-bond donors (Lipinski definition) is 5. The maximum atomic E-state index is 12.7. The predicted molar refractivity (Wildman–Crippen MR) is 302 cm³/mol. The molecule has 0 saturated carbocycles. The number of nitrogens with two attached hydrogens (primary N) is 1. The van der Waals surface area contributed by atoms with Crippen molar-refractivity contribution in [1.29, 1.82) is 0 Å². The van der Waals surface area contributed by atoms with Gasteiger partial charge in [0.05, 0.1) is 27.4 Å². The summed E-state index contributed by atoms with van der Waals surface area (Å²) in [6.07, 6.45) is 31.7. The van der Waals surface area contributed by atoms with Gasteiger partial charge < -0.3 is 69.0 Å². The number of carbonyl (C=O) groups is 3. The van der Waals surface area contributed by atoms with E-state index in [1.165, 1.54) is 181 Å². The van der Waals surface area contributed by atoms with Gasteiger partial charge in [-0.3, -0.25) is 28.1 Å². The van der Waals surface area contributed by atoms with E-state index < -0.39 is 84.6 Å². The van der Waals surface area contributed by atoms with Gasteiger partial charge in [-0.05, 0) is 6.42 Å². The van der Waals surface area contributed by atoms with Crippen LogP contribution in [0.25, 0.3) is 11.2 Å². The van der Waals surface area contributed by atoms with Crippen molar-refractivity contribution in [3.63, 3.8) is 0 Å². The van der Waals surface area contributed by atoms with Gasteiger partial charge in [0.25, 0.3) is 15.6 Å². The first-order chi connectivity index (χ1) is 38.6. The van der Waals surface area contributed by atoms with Gasteiger partial charge in [-0.15, -0.1) is 0 Å². The molecule has 2 unspecified atom stereocenters. The summed E-state index contributed by atoms with van der Waals surface area (Å²) in [6.45, 7) is 2.48. The molecule has 1 aliphatic heterocycles. The Bertz CT molecular complexity index is 2250. The summed E-state index contributed by atoms with van der Waals surface area (Å²) in [7, 11) is -17.6. The van der Waals surface area contributed by atoms with Crippen molar-refractivity contribution in [2.24, 2.45) is 5.41 Å². The number of ether oxygens (including phenoxy) is 1. The van der Waals surface area contributed by atoms with Gasteiger partial charge in [-0.25, -0.2) is 19.3 Å². The van der Waals surface area contributed by atoms with Crippen molar-refractivity contribution in [1.82, 2.24) is 30.2 Å². The lowest BCUT2D eigenvalue weighted by Gasteiger charge is -2.36. The maximum absolute atomic E-state index is 12.7. The number of imidazole rings is 1. The molecule has 2 aromatic heterocycles. The highest BCUT2D eigenvalue weighted by molar-refractivity contribution is 8.13. The number of unbranched alkanes of at least 4 members (excludes halogenated alkanes) is 28.